The third-order valence-corrected chi connectivity index (χ3v) is 4.39. The predicted octanol–water partition coefficient (Wildman–Crippen LogP) is 1.40. The van der Waals surface area contributed by atoms with E-state index in [1.54, 1.807) is 0 Å². The Morgan fingerprint density at radius 1 is 1.33 bits per heavy atom. The molecular weight excluding hydrogens is 188 g/mol. The van der Waals surface area contributed by atoms with Gasteiger partial charge in [-0.05, 0) is 44.8 Å². The van der Waals surface area contributed by atoms with Crippen LogP contribution in [-0.4, -0.2) is 11.2 Å². The number of hydrogen-bond acceptors (Lipinski definition) is 3. The monoisotopic (exact) mass is 206 g/mol. The van der Waals surface area contributed by atoms with Crippen LogP contribution in [0.15, 0.2) is 23.0 Å². The summed E-state index contributed by atoms with van der Waals surface area (Å²) in [7, 11) is 0. The second-order valence-corrected chi connectivity index (χ2v) is 5.48. The van der Waals surface area contributed by atoms with Gasteiger partial charge in [0, 0.05) is 11.6 Å². The van der Waals surface area contributed by atoms with Crippen LogP contribution in [-0.2, 0) is 4.74 Å². The Balaban J connectivity index is 2.11. The van der Waals surface area contributed by atoms with E-state index in [-0.39, 0.29) is 11.2 Å². The Bertz CT molecular complexity index is 398. The van der Waals surface area contributed by atoms with Crippen LogP contribution in [0.1, 0.15) is 33.1 Å². The Labute approximate surface area is 90.2 Å². The van der Waals surface area contributed by atoms with Crippen molar-refractivity contribution in [2.45, 2.75) is 44.3 Å². The minimum absolute atomic E-state index is 0.00803. The number of hydrogen-bond donors (Lipinski definition) is 2. The fourth-order valence-electron chi connectivity index (χ4n) is 3.43. The SMILES string of the molecule is CC12CC[C@@](C)(O1)C1CC(N)=C(N)C=C12. The maximum Gasteiger partial charge on any atom is 0.0879 e. The molecule has 0 aromatic carbocycles. The summed E-state index contributed by atoms with van der Waals surface area (Å²) >= 11 is 0. The minimum Gasteiger partial charge on any atom is -0.400 e. The molecule has 2 aliphatic heterocycles. The summed E-state index contributed by atoms with van der Waals surface area (Å²) in [5.74, 6) is 0.448. The lowest BCUT2D eigenvalue weighted by Gasteiger charge is -2.34. The zero-order valence-electron chi connectivity index (χ0n) is 9.34. The summed E-state index contributed by atoms with van der Waals surface area (Å²) in [6.45, 7) is 4.39. The van der Waals surface area contributed by atoms with Gasteiger partial charge in [-0.2, -0.15) is 0 Å². The molecule has 0 aromatic heterocycles. The molecule has 0 spiro atoms. The van der Waals surface area contributed by atoms with Gasteiger partial charge in [0.1, 0.15) is 0 Å². The first-order valence-electron chi connectivity index (χ1n) is 5.61. The first-order valence-corrected chi connectivity index (χ1v) is 5.61. The number of rotatable bonds is 0. The van der Waals surface area contributed by atoms with Crippen molar-refractivity contribution in [1.29, 1.82) is 0 Å². The highest BCUT2D eigenvalue weighted by Crippen LogP contribution is 2.59. The van der Waals surface area contributed by atoms with Gasteiger partial charge in [-0.3, -0.25) is 0 Å². The molecule has 3 rings (SSSR count). The largest absolute Gasteiger partial charge is 0.400 e. The molecule has 1 aliphatic carbocycles. The van der Waals surface area contributed by atoms with E-state index in [0.29, 0.717) is 5.92 Å². The maximum absolute atomic E-state index is 6.18. The molecule has 15 heavy (non-hydrogen) atoms. The molecule has 82 valence electrons. The highest BCUT2D eigenvalue weighted by Gasteiger charge is 2.60. The van der Waals surface area contributed by atoms with Crippen LogP contribution in [0.25, 0.3) is 0 Å². The van der Waals surface area contributed by atoms with E-state index in [1.165, 1.54) is 5.57 Å². The van der Waals surface area contributed by atoms with Crippen molar-refractivity contribution in [2.24, 2.45) is 17.4 Å². The molecule has 3 nitrogen and oxygen atoms in total. The Morgan fingerprint density at radius 3 is 2.80 bits per heavy atom. The van der Waals surface area contributed by atoms with Gasteiger partial charge in [-0.1, -0.05) is 0 Å². The highest BCUT2D eigenvalue weighted by atomic mass is 16.5. The van der Waals surface area contributed by atoms with Gasteiger partial charge in [-0.25, -0.2) is 0 Å². The fraction of sp³-hybridized carbons (Fsp3) is 0.667. The lowest BCUT2D eigenvalue weighted by Crippen LogP contribution is -2.36. The Kier molecular flexibility index (Phi) is 1.49. The average Bonchev–Trinajstić information content (AvgIpc) is 2.57. The molecule has 0 aromatic rings. The zero-order valence-corrected chi connectivity index (χ0v) is 9.34. The molecule has 0 saturated carbocycles. The average molecular weight is 206 g/mol. The molecule has 0 amide bonds. The molecule has 2 saturated heterocycles. The molecule has 2 bridgehead atoms. The Morgan fingerprint density at radius 2 is 2.07 bits per heavy atom. The fourth-order valence-corrected chi connectivity index (χ4v) is 3.43. The van der Waals surface area contributed by atoms with Gasteiger partial charge in [0.2, 0.25) is 0 Å². The second kappa shape index (κ2) is 2.40. The number of allylic oxidation sites excluding steroid dienone is 2. The zero-order chi connectivity index (χ0) is 10.8. The molecular formula is C12H18N2O. The topological polar surface area (TPSA) is 61.3 Å². The van der Waals surface area contributed by atoms with E-state index >= 15 is 0 Å². The third kappa shape index (κ3) is 0.991. The minimum atomic E-state index is -0.0786. The summed E-state index contributed by atoms with van der Waals surface area (Å²) in [6, 6.07) is 0. The summed E-state index contributed by atoms with van der Waals surface area (Å²) < 4.78 is 6.18. The van der Waals surface area contributed by atoms with Gasteiger partial charge in [0.15, 0.2) is 0 Å². The van der Waals surface area contributed by atoms with Gasteiger partial charge in [-0.15, -0.1) is 0 Å². The number of fused-ring (bicyclic) bond motifs is 5. The number of nitrogens with two attached hydrogens (primary N) is 2. The van der Waals surface area contributed by atoms with Gasteiger partial charge in [0.05, 0.1) is 16.9 Å². The lowest BCUT2D eigenvalue weighted by atomic mass is 9.68. The first kappa shape index (κ1) is 9.28. The van der Waals surface area contributed by atoms with Crippen LogP contribution in [0.2, 0.25) is 0 Å². The standard InChI is InChI=1S/C12H18N2O/c1-11-3-4-12(2,15-11)8-6-10(14)9(13)5-7(8)11/h5,8H,3-4,6,13-14H2,1-2H3/t8?,11?,12-/m1/s1. The molecule has 4 N–H and O–H groups in total. The maximum atomic E-state index is 6.18. The van der Waals surface area contributed by atoms with Gasteiger partial charge < -0.3 is 16.2 Å². The Hall–Kier alpha value is -0.960. The molecule has 2 unspecified atom stereocenters. The lowest BCUT2D eigenvalue weighted by molar-refractivity contribution is -0.0341. The summed E-state index contributed by atoms with van der Waals surface area (Å²) in [4.78, 5) is 0. The van der Waals surface area contributed by atoms with Crippen molar-refractivity contribution in [3.05, 3.63) is 23.0 Å². The first-order chi connectivity index (χ1) is 6.95. The molecule has 3 atom stereocenters. The molecule has 2 heterocycles. The second-order valence-electron chi connectivity index (χ2n) is 5.48. The van der Waals surface area contributed by atoms with Crippen molar-refractivity contribution in [3.63, 3.8) is 0 Å². The van der Waals surface area contributed by atoms with Crippen LogP contribution >= 0.6 is 0 Å². The van der Waals surface area contributed by atoms with Crippen LogP contribution < -0.4 is 11.5 Å². The highest BCUT2D eigenvalue weighted by molar-refractivity contribution is 5.42. The van der Waals surface area contributed by atoms with Crippen molar-refractivity contribution in [2.75, 3.05) is 0 Å². The molecule has 0 radical (unpaired) electrons. The van der Waals surface area contributed by atoms with E-state index < -0.39 is 0 Å². The number of ether oxygens (including phenoxy) is 1. The molecule has 3 aliphatic rings. The van der Waals surface area contributed by atoms with Crippen molar-refractivity contribution in [1.82, 2.24) is 0 Å². The molecule has 3 heteroatoms. The van der Waals surface area contributed by atoms with E-state index in [1.807, 2.05) is 6.08 Å². The van der Waals surface area contributed by atoms with Gasteiger partial charge in [0.25, 0.3) is 0 Å². The van der Waals surface area contributed by atoms with E-state index in [2.05, 4.69) is 13.8 Å². The summed E-state index contributed by atoms with van der Waals surface area (Å²) in [6.07, 6.45) is 5.16. The van der Waals surface area contributed by atoms with Gasteiger partial charge >= 0.3 is 0 Å². The van der Waals surface area contributed by atoms with Crippen molar-refractivity contribution < 1.29 is 4.74 Å². The van der Waals surface area contributed by atoms with Crippen LogP contribution in [0.3, 0.4) is 0 Å². The van der Waals surface area contributed by atoms with Crippen LogP contribution in [0, 0.1) is 5.92 Å². The smallest absolute Gasteiger partial charge is 0.0879 e. The predicted molar refractivity (Wildman–Crippen MR) is 58.7 cm³/mol. The molecule has 2 fully saturated rings. The van der Waals surface area contributed by atoms with E-state index in [9.17, 15) is 0 Å². The quantitative estimate of drug-likeness (QED) is 0.630. The third-order valence-electron chi connectivity index (χ3n) is 4.39. The normalized spacial score (nSPS) is 48.1. The van der Waals surface area contributed by atoms with Crippen LogP contribution in [0.4, 0.5) is 0 Å². The van der Waals surface area contributed by atoms with Crippen molar-refractivity contribution in [3.8, 4) is 0 Å². The summed E-state index contributed by atoms with van der Waals surface area (Å²) in [5.41, 5.74) is 14.7. The van der Waals surface area contributed by atoms with E-state index in [0.717, 1.165) is 30.7 Å². The summed E-state index contributed by atoms with van der Waals surface area (Å²) in [5, 5.41) is 0. The van der Waals surface area contributed by atoms with E-state index in [4.69, 9.17) is 16.2 Å². The van der Waals surface area contributed by atoms with Crippen LogP contribution in [0.5, 0.6) is 0 Å². The van der Waals surface area contributed by atoms with Crippen molar-refractivity contribution >= 4 is 0 Å².